The molecule has 36 heavy (non-hydrogen) atoms. The zero-order valence-corrected chi connectivity index (χ0v) is 20.6. The minimum absolute atomic E-state index is 0.00232. The van der Waals surface area contributed by atoms with E-state index in [4.69, 9.17) is 4.99 Å². The van der Waals surface area contributed by atoms with Crippen LogP contribution in [0.25, 0.3) is 11.3 Å². The number of amides is 1. The number of piperazine rings is 1. The third-order valence-electron chi connectivity index (χ3n) is 6.71. The van der Waals surface area contributed by atoms with E-state index in [-0.39, 0.29) is 11.5 Å². The maximum Gasteiger partial charge on any atom is 0.258 e. The lowest BCUT2D eigenvalue weighted by Crippen LogP contribution is -2.48. The Morgan fingerprint density at radius 2 is 1.75 bits per heavy atom. The molecule has 0 saturated carbocycles. The van der Waals surface area contributed by atoms with E-state index in [1.165, 1.54) is 0 Å². The lowest BCUT2D eigenvalue weighted by Gasteiger charge is -2.36. The van der Waals surface area contributed by atoms with Crippen molar-refractivity contribution in [1.82, 2.24) is 14.9 Å². The van der Waals surface area contributed by atoms with Crippen LogP contribution in [-0.4, -0.2) is 52.7 Å². The highest BCUT2D eigenvalue weighted by atomic mass is 16.2. The van der Waals surface area contributed by atoms with E-state index < -0.39 is 0 Å². The van der Waals surface area contributed by atoms with Crippen LogP contribution in [-0.2, 0) is 0 Å². The molecule has 1 amide bonds. The summed E-state index contributed by atoms with van der Waals surface area (Å²) >= 11 is 0. The molecule has 1 N–H and O–H groups in total. The summed E-state index contributed by atoms with van der Waals surface area (Å²) in [5.41, 5.74) is 6.19. The molecule has 182 valence electrons. The van der Waals surface area contributed by atoms with Gasteiger partial charge in [-0.1, -0.05) is 37.3 Å². The second-order valence-electron chi connectivity index (χ2n) is 8.97. The van der Waals surface area contributed by atoms with Gasteiger partial charge in [0.25, 0.3) is 11.5 Å². The number of aromatic nitrogens is 2. The average molecular weight is 480 g/mol. The van der Waals surface area contributed by atoms with Gasteiger partial charge in [-0.3, -0.25) is 19.6 Å². The molecular weight excluding hydrogens is 450 g/mol. The summed E-state index contributed by atoms with van der Waals surface area (Å²) in [5, 5.41) is 0. The SMILES string of the molecule is CCC(=Nc1cc(C(=O)N2CCN(c3ccncc3)CC2)ccc1C)c1c2cccccc-2[nH]c1=O. The molecule has 0 radical (unpaired) electrons. The predicted molar refractivity (Wildman–Crippen MR) is 144 cm³/mol. The van der Waals surface area contributed by atoms with Crippen LogP contribution in [0.2, 0.25) is 0 Å². The zero-order chi connectivity index (χ0) is 25.1. The second kappa shape index (κ2) is 10.2. The maximum absolute atomic E-state index is 13.3. The lowest BCUT2D eigenvalue weighted by atomic mass is 10.0. The van der Waals surface area contributed by atoms with E-state index in [2.05, 4.69) is 14.9 Å². The van der Waals surface area contributed by atoms with Crippen molar-refractivity contribution >= 4 is 23.0 Å². The Balaban J connectivity index is 1.40. The molecule has 3 heterocycles. The summed E-state index contributed by atoms with van der Waals surface area (Å²) in [6.07, 6.45) is 4.17. The van der Waals surface area contributed by atoms with E-state index in [1.54, 1.807) is 12.4 Å². The van der Waals surface area contributed by atoms with Crippen molar-refractivity contribution in [3.63, 3.8) is 0 Å². The number of H-pyrrole nitrogens is 1. The Morgan fingerprint density at radius 3 is 2.50 bits per heavy atom. The van der Waals surface area contributed by atoms with Gasteiger partial charge in [-0.25, -0.2) is 0 Å². The quantitative estimate of drug-likeness (QED) is 0.422. The summed E-state index contributed by atoms with van der Waals surface area (Å²) in [4.78, 5) is 42.3. The lowest BCUT2D eigenvalue weighted by molar-refractivity contribution is 0.0747. The van der Waals surface area contributed by atoms with Crippen molar-refractivity contribution < 1.29 is 4.79 Å². The van der Waals surface area contributed by atoms with Crippen LogP contribution >= 0.6 is 0 Å². The van der Waals surface area contributed by atoms with Crippen LogP contribution in [0.3, 0.4) is 0 Å². The summed E-state index contributed by atoms with van der Waals surface area (Å²) in [6.45, 7) is 6.82. The first-order valence-electron chi connectivity index (χ1n) is 12.3. The van der Waals surface area contributed by atoms with Gasteiger partial charge in [-0.15, -0.1) is 0 Å². The number of aryl methyl sites for hydroxylation is 1. The number of carbonyl (C=O) groups is 1. The fourth-order valence-corrected chi connectivity index (χ4v) is 4.69. The number of fused-ring (bicyclic) bond motifs is 1. The van der Waals surface area contributed by atoms with E-state index in [0.29, 0.717) is 42.0 Å². The number of aliphatic imine (C=N–C) groups is 1. The minimum Gasteiger partial charge on any atom is -0.368 e. The minimum atomic E-state index is -0.145. The number of hydrogen-bond acceptors (Lipinski definition) is 5. The summed E-state index contributed by atoms with van der Waals surface area (Å²) in [5.74, 6) is 0.00232. The number of carbonyl (C=O) groups excluding carboxylic acids is 1. The normalized spacial score (nSPS) is 14.3. The molecule has 1 aromatic heterocycles. The Bertz CT molecular complexity index is 1440. The van der Waals surface area contributed by atoms with Crippen molar-refractivity contribution in [2.24, 2.45) is 4.99 Å². The number of nitrogens with one attached hydrogen (secondary N) is 1. The van der Waals surface area contributed by atoms with Crippen molar-refractivity contribution in [3.05, 3.63) is 100 Å². The Morgan fingerprint density at radius 1 is 1.00 bits per heavy atom. The fourth-order valence-electron chi connectivity index (χ4n) is 4.69. The molecule has 3 aliphatic rings. The van der Waals surface area contributed by atoms with Gasteiger partial charge in [0.15, 0.2) is 0 Å². The van der Waals surface area contributed by atoms with Gasteiger partial charge in [0.05, 0.1) is 17.0 Å². The Hall–Kier alpha value is -4.26. The number of benzene rings is 1. The molecule has 2 aromatic rings. The molecule has 1 aliphatic carbocycles. The van der Waals surface area contributed by atoms with Crippen LogP contribution < -0.4 is 10.5 Å². The van der Waals surface area contributed by atoms with Crippen LogP contribution in [0.4, 0.5) is 11.4 Å². The zero-order valence-electron chi connectivity index (χ0n) is 20.6. The van der Waals surface area contributed by atoms with Gasteiger partial charge < -0.3 is 14.8 Å². The fraction of sp³-hybridized carbons (Fsp3) is 0.241. The summed E-state index contributed by atoms with van der Waals surface area (Å²) in [6, 6.07) is 19.2. The molecule has 0 spiro atoms. The topological polar surface area (TPSA) is 81.7 Å². The van der Waals surface area contributed by atoms with Crippen LogP contribution in [0, 0.1) is 6.92 Å². The molecule has 2 aliphatic heterocycles. The number of nitrogens with zero attached hydrogens (tertiary/aromatic N) is 4. The van der Waals surface area contributed by atoms with E-state index in [1.807, 2.05) is 79.4 Å². The van der Waals surface area contributed by atoms with Gasteiger partial charge >= 0.3 is 0 Å². The van der Waals surface area contributed by atoms with Crippen LogP contribution in [0.15, 0.2) is 82.8 Å². The second-order valence-corrected chi connectivity index (χ2v) is 8.97. The summed E-state index contributed by atoms with van der Waals surface area (Å²) < 4.78 is 0. The first kappa shape index (κ1) is 23.5. The van der Waals surface area contributed by atoms with Gasteiger partial charge in [0.2, 0.25) is 0 Å². The molecule has 1 fully saturated rings. The third-order valence-corrected chi connectivity index (χ3v) is 6.71. The van der Waals surface area contributed by atoms with Crippen molar-refractivity contribution in [1.29, 1.82) is 0 Å². The molecule has 5 rings (SSSR count). The highest BCUT2D eigenvalue weighted by Crippen LogP contribution is 2.27. The molecule has 0 bridgehead atoms. The van der Waals surface area contributed by atoms with Gasteiger partial charge in [0.1, 0.15) is 0 Å². The number of pyridine rings is 1. The number of rotatable bonds is 5. The standard InChI is InChI=1S/C29H29N5O2/c1-3-24(27-23-7-5-4-6-8-25(23)32-28(27)35)31-26-19-21(10-9-20(26)2)29(36)34-17-15-33(16-18-34)22-11-13-30-14-12-22/h4-14,19H,3,15-18H2,1-2H3,(H,32,35). The highest BCUT2D eigenvalue weighted by Gasteiger charge is 2.23. The molecule has 1 aromatic carbocycles. The number of anilines is 1. The largest absolute Gasteiger partial charge is 0.368 e. The smallest absolute Gasteiger partial charge is 0.258 e. The molecule has 1 saturated heterocycles. The first-order chi connectivity index (χ1) is 17.5. The average Bonchev–Trinajstić information content (AvgIpc) is 3.06. The van der Waals surface area contributed by atoms with E-state index in [0.717, 1.165) is 35.6 Å². The maximum atomic E-state index is 13.3. The third kappa shape index (κ3) is 4.64. The molecule has 7 nitrogen and oxygen atoms in total. The highest BCUT2D eigenvalue weighted by molar-refractivity contribution is 6.07. The summed E-state index contributed by atoms with van der Waals surface area (Å²) in [7, 11) is 0. The molecule has 7 heteroatoms. The number of hydrogen-bond donors (Lipinski definition) is 1. The molecule has 0 atom stereocenters. The molecule has 0 unspecified atom stereocenters. The van der Waals surface area contributed by atoms with Crippen molar-refractivity contribution in [2.75, 3.05) is 31.1 Å². The molecular formula is C29H29N5O2. The predicted octanol–water partition coefficient (Wildman–Crippen LogP) is 4.68. The Kier molecular flexibility index (Phi) is 6.62. The van der Waals surface area contributed by atoms with Gasteiger partial charge in [0, 0.05) is 61.1 Å². The monoisotopic (exact) mass is 479 g/mol. The van der Waals surface area contributed by atoms with Crippen molar-refractivity contribution in [2.45, 2.75) is 20.3 Å². The van der Waals surface area contributed by atoms with Crippen LogP contribution in [0.5, 0.6) is 0 Å². The number of aromatic amines is 1. The van der Waals surface area contributed by atoms with Gasteiger partial charge in [-0.2, -0.15) is 0 Å². The first-order valence-corrected chi connectivity index (χ1v) is 12.3. The van der Waals surface area contributed by atoms with Crippen LogP contribution in [0.1, 0.15) is 34.8 Å². The van der Waals surface area contributed by atoms with E-state index >= 15 is 0 Å². The van der Waals surface area contributed by atoms with Gasteiger partial charge in [-0.05, 0) is 49.2 Å². The Labute approximate surface area is 210 Å². The van der Waals surface area contributed by atoms with E-state index in [9.17, 15) is 9.59 Å². The van der Waals surface area contributed by atoms with Crippen molar-refractivity contribution in [3.8, 4) is 11.3 Å².